The van der Waals surface area contributed by atoms with E-state index in [9.17, 15) is 4.39 Å². The second kappa shape index (κ2) is 5.44. The quantitative estimate of drug-likeness (QED) is 0.622. The fraction of sp³-hybridized carbons (Fsp3) is 0.318. The molecule has 1 aliphatic heterocycles. The third kappa shape index (κ3) is 2.44. The molecule has 0 spiro atoms. The largest absolute Gasteiger partial charge is 0.275 e. The summed E-state index contributed by atoms with van der Waals surface area (Å²) in [6, 6.07) is 13.1. The second-order valence-electron chi connectivity index (χ2n) is 8.13. The van der Waals surface area contributed by atoms with Gasteiger partial charge in [-0.3, -0.25) is 4.99 Å². The van der Waals surface area contributed by atoms with Gasteiger partial charge in [0.1, 0.15) is 11.5 Å². The molecule has 0 amide bonds. The molecular weight excluding hydrogens is 325 g/mol. The van der Waals surface area contributed by atoms with Crippen LogP contribution in [0.1, 0.15) is 50.1 Å². The standard InChI is InChI=1S/C22H22FN3/c1-13-6-7-14-11-19(26-25-18(14)10-13)20-16-9-8-15(23)12-17(16)21(2,3)22(4,5)24-20/h6-12H,1-5H3. The molecule has 0 aliphatic carbocycles. The minimum atomic E-state index is -0.396. The molecule has 0 fully saturated rings. The number of benzene rings is 2. The van der Waals surface area contributed by atoms with Crippen molar-refractivity contribution in [3.05, 3.63) is 70.7 Å². The van der Waals surface area contributed by atoms with Gasteiger partial charge in [-0.2, -0.15) is 0 Å². The number of hydrogen-bond acceptors (Lipinski definition) is 3. The zero-order valence-corrected chi connectivity index (χ0v) is 15.8. The maximum atomic E-state index is 14.0. The summed E-state index contributed by atoms with van der Waals surface area (Å²) >= 11 is 0. The molecule has 2 heterocycles. The Labute approximate surface area is 153 Å². The van der Waals surface area contributed by atoms with Crippen molar-refractivity contribution in [1.29, 1.82) is 0 Å². The lowest BCUT2D eigenvalue weighted by atomic mass is 9.66. The van der Waals surface area contributed by atoms with E-state index >= 15 is 0 Å². The third-order valence-electron chi connectivity index (χ3n) is 5.82. The van der Waals surface area contributed by atoms with E-state index in [0.29, 0.717) is 0 Å². The molecule has 4 rings (SSSR count). The van der Waals surface area contributed by atoms with Gasteiger partial charge in [-0.05, 0) is 62.2 Å². The molecule has 1 aliphatic rings. The van der Waals surface area contributed by atoms with Gasteiger partial charge in [-0.1, -0.05) is 26.0 Å². The van der Waals surface area contributed by atoms with Crippen molar-refractivity contribution in [3.63, 3.8) is 0 Å². The Balaban J connectivity index is 1.96. The SMILES string of the molecule is Cc1ccc2cc(C3=NC(C)(C)C(C)(C)c4cc(F)ccc43)nnc2c1. The highest BCUT2D eigenvalue weighted by molar-refractivity contribution is 6.14. The van der Waals surface area contributed by atoms with E-state index in [1.165, 1.54) is 6.07 Å². The third-order valence-corrected chi connectivity index (χ3v) is 5.82. The van der Waals surface area contributed by atoms with E-state index in [0.717, 1.165) is 39.0 Å². The molecule has 26 heavy (non-hydrogen) atoms. The Hall–Kier alpha value is -2.62. The van der Waals surface area contributed by atoms with Crippen LogP contribution in [-0.2, 0) is 5.41 Å². The summed E-state index contributed by atoms with van der Waals surface area (Å²) in [6.45, 7) is 10.4. The number of aryl methyl sites for hydroxylation is 1. The van der Waals surface area contributed by atoms with Crippen LogP contribution < -0.4 is 0 Å². The minimum Gasteiger partial charge on any atom is -0.275 e. The summed E-state index contributed by atoms with van der Waals surface area (Å²) in [6.07, 6.45) is 0. The van der Waals surface area contributed by atoms with Crippen LogP contribution in [0.3, 0.4) is 0 Å². The van der Waals surface area contributed by atoms with Crippen molar-refractivity contribution in [2.24, 2.45) is 4.99 Å². The molecule has 0 N–H and O–H groups in total. The molecule has 4 heteroatoms. The Morgan fingerprint density at radius 3 is 2.42 bits per heavy atom. The highest BCUT2D eigenvalue weighted by atomic mass is 19.1. The van der Waals surface area contributed by atoms with Gasteiger partial charge in [-0.15, -0.1) is 10.2 Å². The van der Waals surface area contributed by atoms with Crippen LogP contribution in [0.5, 0.6) is 0 Å². The first kappa shape index (κ1) is 16.8. The number of hydrogen-bond donors (Lipinski definition) is 0. The molecule has 0 bridgehead atoms. The van der Waals surface area contributed by atoms with E-state index in [1.54, 1.807) is 6.07 Å². The molecule has 3 aromatic rings. The lowest BCUT2D eigenvalue weighted by Gasteiger charge is -2.44. The Morgan fingerprint density at radius 2 is 1.65 bits per heavy atom. The van der Waals surface area contributed by atoms with Gasteiger partial charge in [0.15, 0.2) is 0 Å². The summed E-state index contributed by atoms with van der Waals surface area (Å²) in [5.74, 6) is -0.228. The highest BCUT2D eigenvalue weighted by Crippen LogP contribution is 2.44. The van der Waals surface area contributed by atoms with Gasteiger partial charge in [0.05, 0.1) is 16.8 Å². The van der Waals surface area contributed by atoms with Gasteiger partial charge in [0.2, 0.25) is 0 Å². The van der Waals surface area contributed by atoms with Gasteiger partial charge in [0.25, 0.3) is 0 Å². The number of halogens is 1. The molecular formula is C22H22FN3. The molecule has 0 atom stereocenters. The normalized spacial score (nSPS) is 17.7. The molecule has 0 radical (unpaired) electrons. The van der Waals surface area contributed by atoms with Crippen LogP contribution in [0, 0.1) is 12.7 Å². The Kier molecular flexibility index (Phi) is 3.52. The maximum absolute atomic E-state index is 14.0. The predicted molar refractivity (Wildman–Crippen MR) is 103 cm³/mol. The van der Waals surface area contributed by atoms with Crippen molar-refractivity contribution in [2.45, 2.75) is 45.6 Å². The first-order valence-corrected chi connectivity index (χ1v) is 8.84. The molecule has 132 valence electrons. The fourth-order valence-corrected chi connectivity index (χ4v) is 3.51. The van der Waals surface area contributed by atoms with E-state index in [2.05, 4.69) is 44.0 Å². The highest BCUT2D eigenvalue weighted by Gasteiger charge is 2.44. The number of nitrogens with zero attached hydrogens (tertiary/aromatic N) is 3. The summed E-state index contributed by atoms with van der Waals surface area (Å²) in [4.78, 5) is 5.02. The van der Waals surface area contributed by atoms with Crippen LogP contribution in [0.2, 0.25) is 0 Å². The summed E-state index contributed by atoms with van der Waals surface area (Å²) in [5.41, 5.74) is 4.71. The van der Waals surface area contributed by atoms with Crippen molar-refractivity contribution in [3.8, 4) is 0 Å². The van der Waals surface area contributed by atoms with Crippen LogP contribution in [0.25, 0.3) is 10.9 Å². The average molecular weight is 347 g/mol. The first-order valence-electron chi connectivity index (χ1n) is 8.84. The monoisotopic (exact) mass is 347 g/mol. The zero-order chi connectivity index (χ0) is 18.7. The van der Waals surface area contributed by atoms with Crippen LogP contribution in [0.4, 0.5) is 4.39 Å². The predicted octanol–water partition coefficient (Wildman–Crippen LogP) is 4.98. The van der Waals surface area contributed by atoms with E-state index in [1.807, 2.05) is 31.2 Å². The smallest absolute Gasteiger partial charge is 0.123 e. The van der Waals surface area contributed by atoms with Gasteiger partial charge >= 0.3 is 0 Å². The fourth-order valence-electron chi connectivity index (χ4n) is 3.51. The molecule has 0 saturated heterocycles. The average Bonchev–Trinajstić information content (AvgIpc) is 2.58. The van der Waals surface area contributed by atoms with Crippen molar-refractivity contribution < 1.29 is 4.39 Å². The molecule has 2 aromatic carbocycles. The lowest BCUT2D eigenvalue weighted by Crippen LogP contribution is -2.46. The van der Waals surface area contributed by atoms with E-state index in [4.69, 9.17) is 4.99 Å². The van der Waals surface area contributed by atoms with Crippen molar-refractivity contribution >= 4 is 16.6 Å². The number of aliphatic imine (C=N–C) groups is 1. The first-order chi connectivity index (χ1) is 12.2. The molecule has 1 aromatic heterocycles. The van der Waals surface area contributed by atoms with Gasteiger partial charge in [-0.25, -0.2) is 4.39 Å². The van der Waals surface area contributed by atoms with Crippen molar-refractivity contribution in [1.82, 2.24) is 10.2 Å². The zero-order valence-electron chi connectivity index (χ0n) is 15.8. The molecule has 0 unspecified atom stereocenters. The van der Waals surface area contributed by atoms with Crippen LogP contribution >= 0.6 is 0 Å². The summed E-state index contributed by atoms with van der Waals surface area (Å²) in [5, 5.41) is 9.84. The number of rotatable bonds is 1. The van der Waals surface area contributed by atoms with Crippen LogP contribution in [0.15, 0.2) is 47.5 Å². The van der Waals surface area contributed by atoms with Gasteiger partial charge < -0.3 is 0 Å². The maximum Gasteiger partial charge on any atom is 0.123 e. The summed E-state index contributed by atoms with van der Waals surface area (Å²) < 4.78 is 14.0. The number of aromatic nitrogens is 2. The molecule has 0 saturated carbocycles. The van der Waals surface area contributed by atoms with Crippen LogP contribution in [-0.4, -0.2) is 21.4 Å². The number of fused-ring (bicyclic) bond motifs is 2. The minimum absolute atomic E-state index is 0.228. The van der Waals surface area contributed by atoms with E-state index < -0.39 is 5.54 Å². The topological polar surface area (TPSA) is 38.1 Å². The van der Waals surface area contributed by atoms with E-state index in [-0.39, 0.29) is 11.2 Å². The Bertz CT molecular complexity index is 1060. The summed E-state index contributed by atoms with van der Waals surface area (Å²) in [7, 11) is 0. The second-order valence-corrected chi connectivity index (χ2v) is 8.13. The lowest BCUT2D eigenvalue weighted by molar-refractivity contribution is 0.302. The van der Waals surface area contributed by atoms with Gasteiger partial charge in [0, 0.05) is 16.4 Å². The Morgan fingerprint density at radius 1 is 0.885 bits per heavy atom. The van der Waals surface area contributed by atoms with Crippen molar-refractivity contribution in [2.75, 3.05) is 0 Å². The molecule has 3 nitrogen and oxygen atoms in total.